The van der Waals surface area contributed by atoms with Crippen LogP contribution in [0.2, 0.25) is 0 Å². The molecule has 2 amide bonds. The third-order valence-corrected chi connectivity index (χ3v) is 6.52. The minimum atomic E-state index is -0.660. The van der Waals surface area contributed by atoms with Crippen molar-refractivity contribution in [3.8, 4) is 16.5 Å². The number of nitrogens with one attached hydrogen (secondary N) is 2. The average Bonchev–Trinajstić information content (AvgIpc) is 3.18. The van der Waals surface area contributed by atoms with Crippen LogP contribution in [0.3, 0.4) is 0 Å². The first-order valence-corrected chi connectivity index (χ1v) is 10.9. The Bertz CT molecular complexity index is 1070. The topological polar surface area (TPSA) is 112 Å². The summed E-state index contributed by atoms with van der Waals surface area (Å²) in [6.45, 7) is 1.76. The van der Waals surface area contributed by atoms with E-state index in [4.69, 9.17) is 4.74 Å². The normalized spacial score (nSPS) is 19.5. The first-order valence-electron chi connectivity index (χ1n) is 10.1. The van der Waals surface area contributed by atoms with Gasteiger partial charge in [0.1, 0.15) is 12.1 Å². The van der Waals surface area contributed by atoms with Crippen LogP contribution in [0.4, 0.5) is 5.69 Å². The number of likely N-dealkylation sites (N-methyl/N-ethyl adjacent to an activating group) is 1. The van der Waals surface area contributed by atoms with Gasteiger partial charge in [-0.2, -0.15) is 5.26 Å². The number of benzene rings is 1. The number of ketones is 1. The Morgan fingerprint density at radius 3 is 3.03 bits per heavy atom. The van der Waals surface area contributed by atoms with E-state index < -0.39 is 23.8 Å². The van der Waals surface area contributed by atoms with Crippen molar-refractivity contribution in [3.05, 3.63) is 40.8 Å². The first kappa shape index (κ1) is 21.2. The predicted octanol–water partition coefficient (Wildman–Crippen LogP) is 1.50. The van der Waals surface area contributed by atoms with Gasteiger partial charge in [-0.25, -0.2) is 0 Å². The molecule has 2 aliphatic rings. The second kappa shape index (κ2) is 8.98. The van der Waals surface area contributed by atoms with E-state index in [1.165, 1.54) is 16.2 Å². The van der Waals surface area contributed by atoms with Crippen LogP contribution in [-0.4, -0.2) is 56.5 Å². The predicted molar refractivity (Wildman–Crippen MR) is 116 cm³/mol. The molecule has 3 heterocycles. The number of fused-ring (bicyclic) bond motifs is 1. The van der Waals surface area contributed by atoms with Crippen LogP contribution >= 0.6 is 11.3 Å². The fourth-order valence-corrected chi connectivity index (χ4v) is 4.70. The number of nitrogens with zero attached hydrogens (tertiary/aromatic N) is 2. The van der Waals surface area contributed by atoms with E-state index in [2.05, 4.69) is 16.7 Å². The van der Waals surface area contributed by atoms with Crippen LogP contribution in [0.1, 0.15) is 21.7 Å². The number of hydrogen-bond donors (Lipinski definition) is 2. The van der Waals surface area contributed by atoms with Crippen LogP contribution < -0.4 is 15.5 Å². The molecule has 0 radical (unpaired) electrons. The lowest BCUT2D eigenvalue weighted by Crippen LogP contribution is -2.46. The van der Waals surface area contributed by atoms with E-state index >= 15 is 0 Å². The molecule has 2 aromatic rings. The number of anilines is 1. The second-order valence-electron chi connectivity index (χ2n) is 7.50. The van der Waals surface area contributed by atoms with E-state index in [1.807, 2.05) is 24.3 Å². The van der Waals surface area contributed by atoms with Crippen molar-refractivity contribution in [1.82, 2.24) is 10.6 Å². The Hall–Kier alpha value is -3.06. The maximum Gasteiger partial charge on any atom is 0.299 e. The summed E-state index contributed by atoms with van der Waals surface area (Å²) in [6.07, 6.45) is 0.644. The highest BCUT2D eigenvalue weighted by molar-refractivity contribution is 7.15. The summed E-state index contributed by atoms with van der Waals surface area (Å²) in [5.41, 5.74) is 1.90. The summed E-state index contributed by atoms with van der Waals surface area (Å²) in [6, 6.07) is 10.7. The standard InChI is InChI=1S/C22H22N4O4S/c1-26-17-9-13(3-5-16(17)20(27)22(26)29)19-6-4-15(31-19)10-14(11-23)25-21(28)18-12-24-7-2-8-30-18/h3-6,9,14,18,24H,2,7-8,10,12H2,1H3,(H,25,28). The lowest BCUT2D eigenvalue weighted by atomic mass is 10.1. The number of carbonyl (C=O) groups excluding carboxylic acids is 3. The van der Waals surface area contributed by atoms with Crippen molar-refractivity contribution < 1.29 is 19.1 Å². The molecular formula is C22H22N4O4S. The number of ether oxygens (including phenoxy) is 1. The fraction of sp³-hybridized carbons (Fsp3) is 0.364. The Morgan fingerprint density at radius 2 is 2.23 bits per heavy atom. The molecule has 2 atom stereocenters. The number of hydrogen-bond acceptors (Lipinski definition) is 7. The van der Waals surface area contributed by atoms with Gasteiger partial charge in [-0.1, -0.05) is 6.07 Å². The van der Waals surface area contributed by atoms with E-state index in [9.17, 15) is 19.6 Å². The lowest BCUT2D eigenvalue weighted by Gasteiger charge is -2.17. The van der Waals surface area contributed by atoms with Crippen molar-refractivity contribution in [1.29, 1.82) is 5.26 Å². The molecule has 160 valence electrons. The minimum Gasteiger partial charge on any atom is -0.367 e. The molecule has 1 aromatic carbocycles. The number of amides is 2. The van der Waals surface area contributed by atoms with Crippen molar-refractivity contribution in [2.45, 2.75) is 25.0 Å². The van der Waals surface area contributed by atoms with Crippen LogP contribution in [0.25, 0.3) is 10.4 Å². The van der Waals surface area contributed by atoms with Crippen LogP contribution in [0.15, 0.2) is 30.3 Å². The zero-order valence-electron chi connectivity index (χ0n) is 17.0. The Balaban J connectivity index is 1.44. The molecule has 0 spiro atoms. The molecule has 0 saturated carbocycles. The monoisotopic (exact) mass is 438 g/mol. The third-order valence-electron chi connectivity index (χ3n) is 5.37. The SMILES string of the molecule is CN1C(=O)C(=O)c2ccc(-c3ccc(CC(C#N)NC(=O)C4CNCCCO4)s3)cc21. The molecule has 1 fully saturated rings. The van der Waals surface area contributed by atoms with E-state index in [0.717, 1.165) is 28.3 Å². The molecule has 9 heteroatoms. The molecule has 0 aliphatic carbocycles. The minimum absolute atomic E-state index is 0.284. The number of Topliss-reactive ketones (excluding diaryl/α,β-unsaturated/α-hetero) is 1. The van der Waals surface area contributed by atoms with Crippen molar-refractivity contribution in [3.63, 3.8) is 0 Å². The van der Waals surface area contributed by atoms with Gasteiger partial charge >= 0.3 is 0 Å². The third kappa shape index (κ3) is 4.37. The van der Waals surface area contributed by atoms with Gasteiger partial charge in [-0.3, -0.25) is 14.4 Å². The van der Waals surface area contributed by atoms with Crippen LogP contribution in [-0.2, 0) is 20.7 Å². The molecular weight excluding hydrogens is 416 g/mol. The molecule has 0 bridgehead atoms. The number of carbonyl (C=O) groups is 3. The smallest absolute Gasteiger partial charge is 0.299 e. The summed E-state index contributed by atoms with van der Waals surface area (Å²) in [5.74, 6) is -1.30. The molecule has 8 nitrogen and oxygen atoms in total. The maximum absolute atomic E-state index is 12.4. The summed E-state index contributed by atoms with van der Waals surface area (Å²) in [4.78, 5) is 39.6. The zero-order chi connectivity index (χ0) is 22.0. The van der Waals surface area contributed by atoms with Gasteiger partial charge in [-0.05, 0) is 42.8 Å². The zero-order valence-corrected chi connectivity index (χ0v) is 17.8. The van der Waals surface area contributed by atoms with Gasteiger partial charge in [0.25, 0.3) is 17.6 Å². The summed E-state index contributed by atoms with van der Waals surface area (Å²) >= 11 is 1.51. The van der Waals surface area contributed by atoms with Crippen molar-refractivity contribution >= 4 is 34.6 Å². The number of nitriles is 1. The average molecular weight is 439 g/mol. The summed E-state index contributed by atoms with van der Waals surface area (Å²) in [5, 5.41) is 15.4. The highest BCUT2D eigenvalue weighted by atomic mass is 32.1. The molecule has 2 N–H and O–H groups in total. The van der Waals surface area contributed by atoms with Gasteiger partial charge in [0, 0.05) is 36.4 Å². The molecule has 31 heavy (non-hydrogen) atoms. The van der Waals surface area contributed by atoms with Crippen LogP contribution in [0, 0.1) is 11.3 Å². The largest absolute Gasteiger partial charge is 0.367 e. The summed E-state index contributed by atoms with van der Waals surface area (Å²) in [7, 11) is 1.59. The lowest BCUT2D eigenvalue weighted by molar-refractivity contribution is -0.132. The second-order valence-corrected chi connectivity index (χ2v) is 8.67. The van der Waals surface area contributed by atoms with E-state index in [-0.39, 0.29) is 5.91 Å². The highest BCUT2D eigenvalue weighted by Gasteiger charge is 2.33. The van der Waals surface area contributed by atoms with E-state index in [0.29, 0.717) is 30.8 Å². The highest BCUT2D eigenvalue weighted by Crippen LogP contribution is 2.35. The van der Waals surface area contributed by atoms with Crippen molar-refractivity contribution in [2.75, 3.05) is 31.6 Å². The molecule has 1 saturated heterocycles. The quantitative estimate of drug-likeness (QED) is 0.685. The van der Waals surface area contributed by atoms with Crippen LogP contribution in [0.5, 0.6) is 0 Å². The van der Waals surface area contributed by atoms with Crippen molar-refractivity contribution in [2.24, 2.45) is 0 Å². The fourth-order valence-electron chi connectivity index (χ4n) is 3.65. The van der Waals surface area contributed by atoms with Gasteiger partial charge in [0.2, 0.25) is 0 Å². The molecule has 2 unspecified atom stereocenters. The van der Waals surface area contributed by atoms with E-state index in [1.54, 1.807) is 13.1 Å². The molecule has 2 aliphatic heterocycles. The Morgan fingerprint density at radius 1 is 1.39 bits per heavy atom. The van der Waals surface area contributed by atoms with Gasteiger partial charge in [0.05, 0.1) is 17.3 Å². The summed E-state index contributed by atoms with van der Waals surface area (Å²) < 4.78 is 5.55. The van der Waals surface area contributed by atoms with Gasteiger partial charge in [0.15, 0.2) is 0 Å². The number of rotatable bonds is 5. The number of thiophene rings is 1. The Kier molecular flexibility index (Phi) is 6.13. The van der Waals surface area contributed by atoms with Gasteiger partial charge in [-0.15, -0.1) is 11.3 Å². The first-order chi connectivity index (χ1) is 15.0. The van der Waals surface area contributed by atoms with Gasteiger partial charge < -0.3 is 20.3 Å². The molecule has 4 rings (SSSR count). The Labute approximate surface area is 183 Å². The molecule has 1 aromatic heterocycles. The maximum atomic E-state index is 12.4.